The number of carbonyl (C=O) groups excluding carboxylic acids is 2. The number of benzene rings is 3. The molecule has 3 aromatic rings. The standard InChI is InChI=1S/C30H33N3O7/c1-20(7-2-5-12-28(35)33-25-11-4-3-10-24(25)31)29(21-8-6-9-23(17-21)37-16-15-34)40-30(36)32-22-13-14-26-27(18-22)39-19-38-26/h3-6,8-14,17-18,20,29,34H,2,7,15-16,19,31H2,1H3,(H,32,36)(H,33,35)/b12-5+/t20-,29-/m1/s1. The molecule has 0 aromatic heterocycles. The van der Waals surface area contributed by atoms with Gasteiger partial charge in [0.1, 0.15) is 18.5 Å². The molecule has 1 aliphatic rings. The quantitative estimate of drug-likeness (QED) is 0.178. The first-order chi connectivity index (χ1) is 19.4. The number of fused-ring (bicyclic) bond motifs is 1. The third kappa shape index (κ3) is 7.90. The van der Waals surface area contributed by atoms with E-state index in [0.29, 0.717) is 47.2 Å². The zero-order chi connectivity index (χ0) is 28.3. The number of nitrogens with one attached hydrogen (secondary N) is 2. The zero-order valence-corrected chi connectivity index (χ0v) is 22.2. The van der Waals surface area contributed by atoms with Gasteiger partial charge in [0.15, 0.2) is 11.5 Å². The van der Waals surface area contributed by atoms with E-state index in [1.807, 2.05) is 13.0 Å². The van der Waals surface area contributed by atoms with Crippen molar-refractivity contribution >= 4 is 29.1 Å². The molecular weight excluding hydrogens is 514 g/mol. The smallest absolute Gasteiger partial charge is 0.412 e. The number of amides is 2. The maximum absolute atomic E-state index is 12.9. The lowest BCUT2D eigenvalue weighted by Crippen LogP contribution is -2.22. The van der Waals surface area contributed by atoms with E-state index in [1.165, 1.54) is 6.08 Å². The van der Waals surface area contributed by atoms with Crippen LogP contribution in [0.4, 0.5) is 21.9 Å². The number of nitrogen functional groups attached to an aromatic ring is 1. The highest BCUT2D eigenvalue weighted by molar-refractivity contribution is 6.01. The Hall–Kier alpha value is -4.70. The first kappa shape index (κ1) is 28.3. The van der Waals surface area contributed by atoms with E-state index in [0.717, 1.165) is 5.56 Å². The Morgan fingerprint density at radius 2 is 1.88 bits per heavy atom. The Bertz CT molecular complexity index is 1340. The number of hydrogen-bond acceptors (Lipinski definition) is 8. The number of aliphatic hydroxyl groups is 1. The zero-order valence-electron chi connectivity index (χ0n) is 22.2. The molecule has 3 aromatic carbocycles. The summed E-state index contributed by atoms with van der Waals surface area (Å²) in [7, 11) is 0. The number of carbonyl (C=O) groups is 2. The Balaban J connectivity index is 1.40. The van der Waals surface area contributed by atoms with Crippen molar-refractivity contribution in [3.8, 4) is 17.2 Å². The van der Waals surface area contributed by atoms with E-state index in [9.17, 15) is 9.59 Å². The van der Waals surface area contributed by atoms with Gasteiger partial charge in [0.25, 0.3) is 0 Å². The van der Waals surface area contributed by atoms with Crippen molar-refractivity contribution in [2.24, 2.45) is 5.92 Å². The van der Waals surface area contributed by atoms with Gasteiger partial charge in [-0.2, -0.15) is 0 Å². The summed E-state index contributed by atoms with van der Waals surface area (Å²) in [5.74, 6) is 1.31. The van der Waals surface area contributed by atoms with Gasteiger partial charge >= 0.3 is 6.09 Å². The molecule has 0 bridgehead atoms. The monoisotopic (exact) mass is 547 g/mol. The average molecular weight is 548 g/mol. The third-order valence-corrected chi connectivity index (χ3v) is 6.19. The number of para-hydroxylation sites is 2. The Morgan fingerprint density at radius 3 is 2.70 bits per heavy atom. The van der Waals surface area contributed by atoms with Crippen molar-refractivity contribution in [1.82, 2.24) is 0 Å². The predicted octanol–water partition coefficient (Wildman–Crippen LogP) is 5.27. The summed E-state index contributed by atoms with van der Waals surface area (Å²) in [5, 5.41) is 14.6. The molecular formula is C30H33N3O7. The van der Waals surface area contributed by atoms with Crippen molar-refractivity contribution in [2.75, 3.05) is 36.4 Å². The van der Waals surface area contributed by atoms with Gasteiger partial charge in [0.2, 0.25) is 12.7 Å². The number of aliphatic hydroxyl groups excluding tert-OH is 1. The van der Waals surface area contributed by atoms with Gasteiger partial charge in [-0.25, -0.2) is 4.79 Å². The highest BCUT2D eigenvalue weighted by Crippen LogP contribution is 2.35. The van der Waals surface area contributed by atoms with Crippen LogP contribution in [0.25, 0.3) is 0 Å². The van der Waals surface area contributed by atoms with Crippen LogP contribution in [-0.2, 0) is 9.53 Å². The maximum atomic E-state index is 12.9. The lowest BCUT2D eigenvalue weighted by Gasteiger charge is -2.25. The number of allylic oxidation sites excluding steroid dienone is 1. The largest absolute Gasteiger partial charge is 0.491 e. The normalized spacial score (nSPS) is 13.4. The molecule has 0 unspecified atom stereocenters. The summed E-state index contributed by atoms with van der Waals surface area (Å²) in [6, 6.07) is 19.4. The van der Waals surface area contributed by atoms with Gasteiger partial charge in [0, 0.05) is 11.8 Å². The molecule has 0 fully saturated rings. The maximum Gasteiger partial charge on any atom is 0.412 e. The number of rotatable bonds is 12. The molecule has 1 heterocycles. The van der Waals surface area contributed by atoms with E-state index < -0.39 is 12.2 Å². The number of hydrogen-bond donors (Lipinski definition) is 4. The van der Waals surface area contributed by atoms with Crippen LogP contribution >= 0.6 is 0 Å². The van der Waals surface area contributed by atoms with Crippen LogP contribution < -0.4 is 30.6 Å². The summed E-state index contributed by atoms with van der Waals surface area (Å²) in [5.41, 5.74) is 8.17. The van der Waals surface area contributed by atoms with Gasteiger partial charge in [-0.1, -0.05) is 37.3 Å². The molecule has 4 rings (SSSR count). The number of anilines is 3. The first-order valence-electron chi connectivity index (χ1n) is 13.0. The summed E-state index contributed by atoms with van der Waals surface area (Å²) in [6.45, 7) is 2.14. The molecule has 2 atom stereocenters. The minimum absolute atomic E-state index is 0.116. The minimum atomic E-state index is -0.632. The summed E-state index contributed by atoms with van der Waals surface area (Å²) in [4.78, 5) is 25.2. The number of ether oxygens (including phenoxy) is 4. The fourth-order valence-corrected chi connectivity index (χ4v) is 4.18. The third-order valence-electron chi connectivity index (χ3n) is 6.19. The van der Waals surface area contributed by atoms with Crippen LogP contribution in [0.3, 0.4) is 0 Å². The fourth-order valence-electron chi connectivity index (χ4n) is 4.18. The van der Waals surface area contributed by atoms with Crippen LogP contribution in [0.2, 0.25) is 0 Å². The molecule has 210 valence electrons. The Morgan fingerprint density at radius 1 is 1.05 bits per heavy atom. The SMILES string of the molecule is C[C@H](CC/C=C/C(=O)Nc1ccccc1N)[C@@H](OC(=O)Nc1ccc2c(c1)OCO2)c1cccc(OCCO)c1. The van der Waals surface area contributed by atoms with Crippen LogP contribution in [-0.4, -0.2) is 37.1 Å². The van der Waals surface area contributed by atoms with Crippen LogP contribution in [0.1, 0.15) is 31.4 Å². The van der Waals surface area contributed by atoms with Crippen LogP contribution in [0.15, 0.2) is 78.9 Å². The molecule has 10 nitrogen and oxygen atoms in total. The molecule has 0 spiro atoms. The van der Waals surface area contributed by atoms with E-state index in [2.05, 4.69) is 10.6 Å². The van der Waals surface area contributed by atoms with Crippen LogP contribution in [0.5, 0.6) is 17.2 Å². The Labute approximate surface area is 232 Å². The molecule has 40 heavy (non-hydrogen) atoms. The molecule has 5 N–H and O–H groups in total. The Kier molecular flexibility index (Phi) is 9.84. The first-order valence-corrected chi connectivity index (χ1v) is 13.0. The molecule has 2 amide bonds. The number of nitrogens with two attached hydrogens (primary N) is 1. The second kappa shape index (κ2) is 13.9. The van der Waals surface area contributed by atoms with Gasteiger partial charge in [-0.15, -0.1) is 0 Å². The highest BCUT2D eigenvalue weighted by Gasteiger charge is 2.24. The van der Waals surface area contributed by atoms with Crippen molar-refractivity contribution in [1.29, 1.82) is 0 Å². The molecule has 0 radical (unpaired) electrons. The van der Waals surface area contributed by atoms with Crippen molar-refractivity contribution < 1.29 is 33.6 Å². The molecule has 10 heteroatoms. The van der Waals surface area contributed by atoms with E-state index in [4.69, 9.17) is 29.8 Å². The van der Waals surface area contributed by atoms with E-state index >= 15 is 0 Å². The molecule has 0 saturated carbocycles. The lowest BCUT2D eigenvalue weighted by atomic mass is 9.93. The second-order valence-corrected chi connectivity index (χ2v) is 9.20. The van der Waals surface area contributed by atoms with Gasteiger partial charge < -0.3 is 35.1 Å². The minimum Gasteiger partial charge on any atom is -0.491 e. The second-order valence-electron chi connectivity index (χ2n) is 9.20. The van der Waals surface area contributed by atoms with E-state index in [1.54, 1.807) is 66.7 Å². The summed E-state index contributed by atoms with van der Waals surface area (Å²) in [6.07, 6.45) is 3.19. The van der Waals surface area contributed by atoms with Crippen molar-refractivity contribution in [3.05, 3.63) is 84.4 Å². The molecule has 0 saturated heterocycles. The summed E-state index contributed by atoms with van der Waals surface area (Å²) < 4.78 is 22.2. The molecule has 0 aliphatic carbocycles. The van der Waals surface area contributed by atoms with Gasteiger partial charge in [-0.05, 0) is 66.8 Å². The predicted molar refractivity (Wildman–Crippen MR) is 151 cm³/mol. The van der Waals surface area contributed by atoms with Crippen molar-refractivity contribution in [3.63, 3.8) is 0 Å². The van der Waals surface area contributed by atoms with E-state index in [-0.39, 0.29) is 31.8 Å². The average Bonchev–Trinajstić information content (AvgIpc) is 3.42. The highest BCUT2D eigenvalue weighted by atomic mass is 16.7. The van der Waals surface area contributed by atoms with Crippen molar-refractivity contribution in [2.45, 2.75) is 25.9 Å². The van der Waals surface area contributed by atoms with Gasteiger partial charge in [-0.3, -0.25) is 10.1 Å². The van der Waals surface area contributed by atoms with Gasteiger partial charge in [0.05, 0.1) is 18.0 Å². The topological polar surface area (TPSA) is 141 Å². The molecule has 1 aliphatic heterocycles. The summed E-state index contributed by atoms with van der Waals surface area (Å²) >= 11 is 0. The lowest BCUT2D eigenvalue weighted by molar-refractivity contribution is -0.111. The fraction of sp³-hybridized carbons (Fsp3) is 0.267. The van der Waals surface area contributed by atoms with Crippen LogP contribution in [0, 0.1) is 5.92 Å².